The largest absolute Gasteiger partial charge is 0.298 e. The molecule has 1 aromatic rings. The van der Waals surface area contributed by atoms with Crippen molar-refractivity contribution in [2.75, 3.05) is 6.54 Å². The van der Waals surface area contributed by atoms with Gasteiger partial charge in [-0.2, -0.15) is 4.31 Å². The van der Waals surface area contributed by atoms with E-state index in [9.17, 15) is 13.2 Å². The fraction of sp³-hybridized carbons (Fsp3) is 0.417. The minimum absolute atomic E-state index is 0.117. The molecule has 1 aromatic carbocycles. The molecule has 1 saturated heterocycles. The van der Waals surface area contributed by atoms with Crippen molar-refractivity contribution < 1.29 is 13.2 Å². The van der Waals surface area contributed by atoms with Gasteiger partial charge in [-0.15, -0.1) is 0 Å². The lowest BCUT2D eigenvalue weighted by molar-refractivity contribution is -0.119. The lowest BCUT2D eigenvalue weighted by Crippen LogP contribution is -2.27. The van der Waals surface area contributed by atoms with Crippen LogP contribution in [0, 0.1) is 6.92 Å². The Morgan fingerprint density at radius 1 is 1.29 bits per heavy atom. The van der Waals surface area contributed by atoms with Crippen LogP contribution in [0.1, 0.15) is 19.4 Å². The Labute approximate surface area is 101 Å². The van der Waals surface area contributed by atoms with E-state index in [4.69, 9.17) is 0 Å². The van der Waals surface area contributed by atoms with Gasteiger partial charge >= 0.3 is 0 Å². The summed E-state index contributed by atoms with van der Waals surface area (Å²) in [7, 11) is -3.52. The molecule has 0 spiro atoms. The molecule has 0 aromatic heterocycles. The van der Waals surface area contributed by atoms with Crippen LogP contribution in [0.2, 0.25) is 0 Å². The molecule has 5 heteroatoms. The Balaban J connectivity index is 2.34. The summed E-state index contributed by atoms with van der Waals surface area (Å²) in [6.45, 7) is 5.25. The second kappa shape index (κ2) is 3.65. The predicted molar refractivity (Wildman–Crippen MR) is 64.2 cm³/mol. The van der Waals surface area contributed by atoms with Crippen molar-refractivity contribution in [2.45, 2.75) is 31.2 Å². The van der Waals surface area contributed by atoms with E-state index < -0.39 is 15.6 Å². The summed E-state index contributed by atoms with van der Waals surface area (Å²) in [5.41, 5.74) is 0.160. The number of sulfonamides is 1. The van der Waals surface area contributed by atoms with E-state index in [0.717, 1.165) is 5.56 Å². The number of aryl methyl sites for hydroxylation is 1. The highest BCUT2D eigenvalue weighted by molar-refractivity contribution is 7.89. The SMILES string of the molecule is CC(=O)[C@]1(C)CN1S(=O)(=O)c1ccc(C)cc1. The van der Waals surface area contributed by atoms with Gasteiger partial charge in [-0.3, -0.25) is 4.79 Å². The highest BCUT2D eigenvalue weighted by Crippen LogP contribution is 2.38. The molecule has 0 N–H and O–H groups in total. The number of carbonyl (C=O) groups excluding carboxylic acids is 1. The molecule has 0 radical (unpaired) electrons. The summed E-state index contributed by atoms with van der Waals surface area (Å²) < 4.78 is 25.6. The number of carbonyl (C=O) groups is 1. The lowest BCUT2D eigenvalue weighted by atomic mass is 10.1. The molecule has 2 atom stereocenters. The molecule has 0 aliphatic carbocycles. The monoisotopic (exact) mass is 253 g/mol. The number of hydrogen-bond acceptors (Lipinski definition) is 3. The van der Waals surface area contributed by atoms with E-state index in [-0.39, 0.29) is 17.2 Å². The van der Waals surface area contributed by atoms with Crippen molar-refractivity contribution in [3.63, 3.8) is 0 Å². The smallest absolute Gasteiger partial charge is 0.244 e. The van der Waals surface area contributed by atoms with Crippen LogP contribution >= 0.6 is 0 Å². The Bertz CT molecular complexity index is 562. The Hall–Kier alpha value is -1.20. The van der Waals surface area contributed by atoms with Crippen molar-refractivity contribution in [1.82, 2.24) is 4.31 Å². The fourth-order valence-electron chi connectivity index (χ4n) is 1.72. The number of ketones is 1. The Morgan fingerprint density at radius 2 is 1.82 bits per heavy atom. The first kappa shape index (κ1) is 12.3. The molecular weight excluding hydrogens is 238 g/mol. The van der Waals surface area contributed by atoms with E-state index in [1.54, 1.807) is 31.2 Å². The summed E-state index contributed by atoms with van der Waals surface area (Å²) in [5.74, 6) is -0.117. The van der Waals surface area contributed by atoms with Gasteiger partial charge in [0.25, 0.3) is 0 Å². The zero-order valence-corrected chi connectivity index (χ0v) is 10.9. The predicted octanol–water partition coefficient (Wildman–Crippen LogP) is 1.35. The van der Waals surface area contributed by atoms with E-state index >= 15 is 0 Å². The second-order valence-corrected chi connectivity index (χ2v) is 6.52. The zero-order chi connectivity index (χ0) is 12.8. The van der Waals surface area contributed by atoms with Gasteiger partial charge in [-0.05, 0) is 32.9 Å². The van der Waals surface area contributed by atoms with E-state index in [0.29, 0.717) is 0 Å². The van der Waals surface area contributed by atoms with Crippen LogP contribution in [0.5, 0.6) is 0 Å². The van der Waals surface area contributed by atoms with Gasteiger partial charge in [0.2, 0.25) is 10.0 Å². The highest BCUT2D eigenvalue weighted by atomic mass is 32.2. The molecule has 4 nitrogen and oxygen atoms in total. The van der Waals surface area contributed by atoms with Crippen LogP contribution in [0.3, 0.4) is 0 Å². The van der Waals surface area contributed by atoms with Crippen molar-refractivity contribution in [1.29, 1.82) is 0 Å². The molecule has 92 valence electrons. The lowest BCUT2D eigenvalue weighted by Gasteiger charge is -2.10. The van der Waals surface area contributed by atoms with Crippen molar-refractivity contribution >= 4 is 15.8 Å². The maximum absolute atomic E-state index is 12.2. The first-order valence-corrected chi connectivity index (χ1v) is 6.83. The molecule has 1 aliphatic rings. The maximum atomic E-state index is 12.2. The number of nitrogens with zero attached hydrogens (tertiary/aromatic N) is 1. The quantitative estimate of drug-likeness (QED) is 0.764. The van der Waals surface area contributed by atoms with Crippen LogP contribution in [0.15, 0.2) is 29.2 Å². The maximum Gasteiger partial charge on any atom is 0.244 e. The molecule has 2 rings (SSSR count). The Kier molecular flexibility index (Phi) is 2.63. The van der Waals surface area contributed by atoms with Crippen LogP contribution < -0.4 is 0 Å². The summed E-state index contributed by atoms with van der Waals surface area (Å²) in [5, 5.41) is 0. The average Bonchev–Trinajstić information content (AvgIpc) is 2.94. The molecule has 1 heterocycles. The summed E-state index contributed by atoms with van der Waals surface area (Å²) in [6.07, 6.45) is 0. The molecule has 1 fully saturated rings. The standard InChI is InChI=1S/C12H15NO3S/c1-9-4-6-11(7-5-9)17(15,16)13-8-12(13,3)10(2)14/h4-7H,8H2,1-3H3/t12-,13?/m0/s1. The summed E-state index contributed by atoms with van der Waals surface area (Å²) in [4.78, 5) is 11.6. The molecule has 0 saturated carbocycles. The molecule has 0 amide bonds. The Morgan fingerprint density at radius 3 is 2.24 bits per heavy atom. The van der Waals surface area contributed by atoms with E-state index in [1.807, 2.05) is 6.92 Å². The van der Waals surface area contributed by atoms with Gasteiger partial charge in [0.05, 0.1) is 4.90 Å². The van der Waals surface area contributed by atoms with Crippen molar-refractivity contribution in [2.24, 2.45) is 0 Å². The van der Waals surface area contributed by atoms with Gasteiger partial charge in [0, 0.05) is 6.54 Å². The minimum atomic E-state index is -3.52. The van der Waals surface area contributed by atoms with Gasteiger partial charge < -0.3 is 0 Å². The van der Waals surface area contributed by atoms with Gasteiger partial charge in [-0.25, -0.2) is 8.42 Å². The third kappa shape index (κ3) is 1.89. The van der Waals surface area contributed by atoms with E-state index in [2.05, 4.69) is 0 Å². The molecular formula is C12H15NO3S. The molecule has 1 unspecified atom stereocenters. The van der Waals surface area contributed by atoms with Crippen LogP contribution in [0.4, 0.5) is 0 Å². The van der Waals surface area contributed by atoms with Crippen LogP contribution in [0.25, 0.3) is 0 Å². The third-order valence-corrected chi connectivity index (χ3v) is 5.25. The normalized spacial score (nSPS) is 27.8. The summed E-state index contributed by atoms with van der Waals surface area (Å²) in [6, 6.07) is 6.65. The average molecular weight is 253 g/mol. The first-order chi connectivity index (χ1) is 7.78. The fourth-order valence-corrected chi connectivity index (χ4v) is 3.53. The summed E-state index contributed by atoms with van der Waals surface area (Å²) >= 11 is 0. The zero-order valence-electron chi connectivity index (χ0n) is 10.1. The third-order valence-electron chi connectivity index (χ3n) is 3.27. The van der Waals surface area contributed by atoms with Gasteiger partial charge in [-0.1, -0.05) is 17.7 Å². The van der Waals surface area contributed by atoms with Gasteiger partial charge in [0.15, 0.2) is 5.78 Å². The topological polar surface area (TPSA) is 54.2 Å². The second-order valence-electron chi connectivity index (χ2n) is 4.65. The number of Topliss-reactive ketones (excluding diaryl/α,β-unsaturated/α-hetero) is 1. The molecule has 0 bridgehead atoms. The highest BCUT2D eigenvalue weighted by Gasteiger charge is 2.58. The molecule has 17 heavy (non-hydrogen) atoms. The number of rotatable bonds is 3. The van der Waals surface area contributed by atoms with E-state index in [1.165, 1.54) is 11.2 Å². The van der Waals surface area contributed by atoms with Gasteiger partial charge in [0.1, 0.15) is 5.54 Å². The van der Waals surface area contributed by atoms with Crippen molar-refractivity contribution in [3.8, 4) is 0 Å². The van der Waals surface area contributed by atoms with Crippen molar-refractivity contribution in [3.05, 3.63) is 29.8 Å². The molecule has 1 aliphatic heterocycles. The first-order valence-electron chi connectivity index (χ1n) is 5.39. The number of hydrogen-bond donors (Lipinski definition) is 0. The number of benzene rings is 1. The van der Waals surface area contributed by atoms with Crippen LogP contribution in [-0.4, -0.2) is 30.6 Å². The van der Waals surface area contributed by atoms with Crippen LogP contribution in [-0.2, 0) is 14.8 Å². The minimum Gasteiger partial charge on any atom is -0.298 e.